The molecular weight excluding hydrogens is 539 g/mol. The molecule has 1 N–H and O–H groups in total. The summed E-state index contributed by atoms with van der Waals surface area (Å²) in [4.78, 5) is 27.2. The van der Waals surface area contributed by atoms with Crippen LogP contribution in [0.1, 0.15) is 12.5 Å². The van der Waals surface area contributed by atoms with Gasteiger partial charge in [0.05, 0.1) is 17.2 Å². The van der Waals surface area contributed by atoms with Crippen molar-refractivity contribution in [2.75, 3.05) is 23.4 Å². The molecule has 0 spiro atoms. The van der Waals surface area contributed by atoms with E-state index in [1.54, 1.807) is 48.5 Å². The predicted octanol–water partition coefficient (Wildman–Crippen LogP) is 6.82. The highest BCUT2D eigenvalue weighted by Crippen LogP contribution is 2.36. The first kappa shape index (κ1) is 26.0. The van der Waals surface area contributed by atoms with Crippen LogP contribution in [0.5, 0.6) is 11.5 Å². The molecule has 1 heterocycles. The van der Waals surface area contributed by atoms with Gasteiger partial charge < -0.3 is 14.8 Å². The molecule has 1 fully saturated rings. The summed E-state index contributed by atoms with van der Waals surface area (Å²) in [6.45, 7) is 2.29. The van der Waals surface area contributed by atoms with Gasteiger partial charge in [-0.2, -0.15) is 0 Å². The van der Waals surface area contributed by atoms with Gasteiger partial charge in [0.25, 0.3) is 11.8 Å². The average molecular weight is 559 g/mol. The summed E-state index contributed by atoms with van der Waals surface area (Å²) in [6.07, 6.45) is 1.77. The quantitative estimate of drug-likeness (QED) is 0.242. The monoisotopic (exact) mass is 558 g/mol. The Morgan fingerprint density at radius 2 is 1.61 bits per heavy atom. The van der Waals surface area contributed by atoms with Crippen molar-refractivity contribution in [2.45, 2.75) is 6.92 Å². The number of hydrogen-bond donors (Lipinski definition) is 1. The number of benzene rings is 3. The topological polar surface area (TPSA) is 67.9 Å². The minimum absolute atomic E-state index is 0.188. The van der Waals surface area contributed by atoms with Gasteiger partial charge in [0, 0.05) is 15.7 Å². The third-order valence-electron chi connectivity index (χ3n) is 4.89. The third kappa shape index (κ3) is 6.59. The maximum atomic E-state index is 13.0. The molecule has 1 aliphatic rings. The van der Waals surface area contributed by atoms with Gasteiger partial charge in [0.2, 0.25) is 0 Å². The summed E-state index contributed by atoms with van der Waals surface area (Å²) in [5, 5.41) is 3.53. The van der Waals surface area contributed by atoms with Crippen molar-refractivity contribution in [1.29, 1.82) is 0 Å². The number of amides is 2. The molecule has 1 saturated heterocycles. The number of thioether (sulfide) groups is 1. The van der Waals surface area contributed by atoms with Crippen LogP contribution < -0.4 is 19.7 Å². The van der Waals surface area contributed by atoms with Crippen LogP contribution in [0.4, 0.5) is 11.4 Å². The fraction of sp³-hybridized carbons (Fsp3) is 0.115. The Bertz CT molecular complexity index is 1310. The largest absolute Gasteiger partial charge is 0.494 e. The van der Waals surface area contributed by atoms with E-state index in [1.165, 1.54) is 16.7 Å². The van der Waals surface area contributed by atoms with E-state index in [0.717, 1.165) is 11.3 Å². The molecule has 0 aromatic heterocycles. The lowest BCUT2D eigenvalue weighted by molar-refractivity contribution is -0.118. The zero-order chi connectivity index (χ0) is 25.7. The molecule has 184 valence electrons. The van der Waals surface area contributed by atoms with Crippen molar-refractivity contribution in [3.63, 3.8) is 0 Å². The highest BCUT2D eigenvalue weighted by Gasteiger charge is 2.33. The van der Waals surface area contributed by atoms with Crippen molar-refractivity contribution in [1.82, 2.24) is 0 Å². The molecule has 36 heavy (non-hydrogen) atoms. The minimum atomic E-state index is -0.352. The molecule has 0 aliphatic carbocycles. The summed E-state index contributed by atoms with van der Waals surface area (Å²) in [5.74, 6) is 0.701. The van der Waals surface area contributed by atoms with Gasteiger partial charge in [0.1, 0.15) is 11.5 Å². The van der Waals surface area contributed by atoms with Gasteiger partial charge in [-0.1, -0.05) is 59.3 Å². The lowest BCUT2D eigenvalue weighted by Crippen LogP contribution is -2.27. The number of carbonyl (C=O) groups excluding carboxylic acids is 2. The van der Waals surface area contributed by atoms with Crippen molar-refractivity contribution < 1.29 is 19.1 Å². The molecule has 0 bridgehead atoms. The van der Waals surface area contributed by atoms with Crippen LogP contribution in [-0.2, 0) is 9.59 Å². The fourth-order valence-electron chi connectivity index (χ4n) is 3.33. The highest BCUT2D eigenvalue weighted by molar-refractivity contribution is 8.27. The van der Waals surface area contributed by atoms with Crippen molar-refractivity contribution in [2.24, 2.45) is 0 Å². The maximum absolute atomic E-state index is 13.0. The van der Waals surface area contributed by atoms with Crippen molar-refractivity contribution >= 4 is 80.8 Å². The number of carbonyl (C=O) groups is 2. The molecule has 1 aliphatic heterocycles. The van der Waals surface area contributed by atoms with E-state index in [2.05, 4.69) is 5.32 Å². The van der Waals surface area contributed by atoms with Crippen LogP contribution in [0.3, 0.4) is 0 Å². The summed E-state index contributed by atoms with van der Waals surface area (Å²) in [5.41, 5.74) is 1.97. The normalized spacial score (nSPS) is 14.3. The van der Waals surface area contributed by atoms with Gasteiger partial charge in [-0.05, 0) is 73.2 Å². The summed E-state index contributed by atoms with van der Waals surface area (Å²) in [6, 6.07) is 19.1. The molecule has 0 radical (unpaired) electrons. The number of hydrogen-bond acceptors (Lipinski definition) is 6. The molecule has 0 atom stereocenters. The molecule has 3 aromatic carbocycles. The van der Waals surface area contributed by atoms with Crippen molar-refractivity contribution in [3.8, 4) is 11.5 Å². The Morgan fingerprint density at radius 1 is 1.00 bits per heavy atom. The fourth-order valence-corrected chi connectivity index (χ4v) is 5.16. The van der Waals surface area contributed by atoms with E-state index in [9.17, 15) is 9.59 Å². The summed E-state index contributed by atoms with van der Waals surface area (Å²) in [7, 11) is 0. The number of nitrogens with zero attached hydrogens (tertiary/aromatic N) is 1. The van der Waals surface area contributed by atoms with Crippen LogP contribution in [0.2, 0.25) is 10.0 Å². The number of ether oxygens (including phenoxy) is 2. The van der Waals surface area contributed by atoms with Crippen molar-refractivity contribution in [3.05, 3.63) is 87.2 Å². The van der Waals surface area contributed by atoms with E-state index in [1.807, 2.05) is 31.2 Å². The summed E-state index contributed by atoms with van der Waals surface area (Å²) < 4.78 is 11.5. The standard InChI is InChI=1S/C26H20Cl2N2O4S2/c1-2-33-21-9-5-20(6-10-21)30-25(32)23(36-26(30)35)11-16-3-7-22(8-4-16)34-15-24(31)29-19-13-17(27)12-18(28)14-19/h3-14H,2,15H2,1H3,(H,29,31)/b23-11-. The first-order valence-corrected chi connectivity index (χ1v) is 12.8. The Labute approximate surface area is 228 Å². The van der Waals surface area contributed by atoms with Gasteiger partial charge in [-0.15, -0.1) is 0 Å². The van der Waals surface area contributed by atoms with E-state index in [-0.39, 0.29) is 18.4 Å². The zero-order valence-corrected chi connectivity index (χ0v) is 22.1. The Balaban J connectivity index is 1.36. The number of rotatable bonds is 8. The SMILES string of the molecule is CCOc1ccc(N2C(=O)/C(=C/c3ccc(OCC(=O)Nc4cc(Cl)cc(Cl)c4)cc3)SC2=S)cc1. The van der Waals surface area contributed by atoms with Crippen LogP contribution in [0.25, 0.3) is 6.08 Å². The molecular formula is C26H20Cl2N2O4S2. The van der Waals surface area contributed by atoms with E-state index in [0.29, 0.717) is 43.0 Å². The molecule has 3 aromatic rings. The lowest BCUT2D eigenvalue weighted by Gasteiger charge is -2.15. The second-order valence-corrected chi connectivity index (χ2v) is 10.1. The van der Waals surface area contributed by atoms with E-state index >= 15 is 0 Å². The average Bonchev–Trinajstić information content (AvgIpc) is 3.11. The van der Waals surface area contributed by atoms with Gasteiger partial charge >= 0.3 is 0 Å². The highest BCUT2D eigenvalue weighted by atomic mass is 35.5. The van der Waals surface area contributed by atoms with Gasteiger partial charge in [-0.25, -0.2) is 0 Å². The molecule has 0 saturated carbocycles. The zero-order valence-electron chi connectivity index (χ0n) is 19.0. The summed E-state index contributed by atoms with van der Waals surface area (Å²) >= 11 is 18.6. The molecule has 10 heteroatoms. The van der Waals surface area contributed by atoms with E-state index < -0.39 is 0 Å². The minimum Gasteiger partial charge on any atom is -0.494 e. The van der Waals surface area contributed by atoms with E-state index in [4.69, 9.17) is 44.9 Å². The molecule has 6 nitrogen and oxygen atoms in total. The van der Waals surface area contributed by atoms with Crippen LogP contribution in [0.15, 0.2) is 71.6 Å². The van der Waals surface area contributed by atoms with Gasteiger partial charge in [-0.3, -0.25) is 14.5 Å². The Morgan fingerprint density at radius 3 is 2.25 bits per heavy atom. The third-order valence-corrected chi connectivity index (χ3v) is 6.63. The van der Waals surface area contributed by atoms with Gasteiger partial charge in [0.15, 0.2) is 10.9 Å². The molecule has 4 rings (SSSR count). The maximum Gasteiger partial charge on any atom is 0.270 e. The Hall–Kier alpha value is -3.04. The molecule has 2 amide bonds. The smallest absolute Gasteiger partial charge is 0.270 e. The second kappa shape index (κ2) is 11.8. The van der Waals surface area contributed by atoms with Crippen LogP contribution in [-0.4, -0.2) is 29.3 Å². The lowest BCUT2D eigenvalue weighted by atomic mass is 10.2. The second-order valence-electron chi connectivity index (χ2n) is 7.51. The molecule has 0 unspecified atom stereocenters. The number of halogens is 2. The number of nitrogens with one attached hydrogen (secondary N) is 1. The first-order chi connectivity index (χ1) is 17.3. The van der Waals surface area contributed by atoms with Crippen LogP contribution in [0, 0.1) is 0 Å². The predicted molar refractivity (Wildman–Crippen MR) is 150 cm³/mol. The Kier molecular flexibility index (Phi) is 8.53. The number of anilines is 2. The number of thiocarbonyl (C=S) groups is 1. The first-order valence-electron chi connectivity index (χ1n) is 10.8. The van der Waals surface area contributed by atoms with Crippen LogP contribution >= 0.6 is 47.2 Å².